The van der Waals surface area contributed by atoms with E-state index in [4.69, 9.17) is 4.74 Å². The first kappa shape index (κ1) is 12.8. The molecule has 1 fully saturated rings. The summed E-state index contributed by atoms with van der Waals surface area (Å²) in [5.41, 5.74) is 0.505. The standard InChI is InChI=1S/C13H19N3O2/c1-3-18-13(17)10-4-5-12(15-8-10)16-7-6-11(9-16)14-2/h4-5,8,11,14H,3,6-7,9H2,1-2H3. The van der Waals surface area contributed by atoms with Crippen LogP contribution in [0.2, 0.25) is 0 Å². The van der Waals surface area contributed by atoms with Gasteiger partial charge in [-0.3, -0.25) is 0 Å². The summed E-state index contributed by atoms with van der Waals surface area (Å²) in [6.45, 7) is 4.14. The van der Waals surface area contributed by atoms with Gasteiger partial charge < -0.3 is 15.0 Å². The lowest BCUT2D eigenvalue weighted by atomic mass is 10.3. The quantitative estimate of drug-likeness (QED) is 0.809. The molecular formula is C13H19N3O2. The molecule has 0 bridgehead atoms. The molecule has 0 aliphatic carbocycles. The van der Waals surface area contributed by atoms with Crippen LogP contribution in [0.25, 0.3) is 0 Å². The second-order valence-corrected chi connectivity index (χ2v) is 4.35. The molecule has 5 nitrogen and oxygen atoms in total. The molecule has 2 rings (SSSR count). The van der Waals surface area contributed by atoms with Crippen molar-refractivity contribution in [3.8, 4) is 0 Å². The minimum atomic E-state index is -0.314. The van der Waals surface area contributed by atoms with E-state index in [-0.39, 0.29) is 5.97 Å². The molecule has 0 spiro atoms. The van der Waals surface area contributed by atoms with E-state index >= 15 is 0 Å². The van der Waals surface area contributed by atoms with Crippen LogP contribution in [0.4, 0.5) is 5.82 Å². The number of pyridine rings is 1. The molecule has 2 heterocycles. The Labute approximate surface area is 107 Å². The Morgan fingerprint density at radius 2 is 2.44 bits per heavy atom. The molecule has 0 amide bonds. The van der Waals surface area contributed by atoms with Gasteiger partial charge in [0.05, 0.1) is 12.2 Å². The van der Waals surface area contributed by atoms with Crippen molar-refractivity contribution in [1.29, 1.82) is 0 Å². The van der Waals surface area contributed by atoms with E-state index in [0.717, 1.165) is 25.3 Å². The summed E-state index contributed by atoms with van der Waals surface area (Å²) in [6.07, 6.45) is 2.71. The van der Waals surface area contributed by atoms with E-state index in [0.29, 0.717) is 18.2 Å². The van der Waals surface area contributed by atoms with Crippen LogP contribution in [0, 0.1) is 0 Å². The van der Waals surface area contributed by atoms with Crippen LogP contribution in [-0.2, 0) is 4.74 Å². The van der Waals surface area contributed by atoms with Crippen LogP contribution in [0.1, 0.15) is 23.7 Å². The molecule has 0 saturated carbocycles. The Bertz CT molecular complexity index is 405. The number of nitrogens with zero attached hydrogens (tertiary/aromatic N) is 2. The fraction of sp³-hybridized carbons (Fsp3) is 0.538. The number of ether oxygens (including phenoxy) is 1. The Hall–Kier alpha value is -1.62. The van der Waals surface area contributed by atoms with Crippen LogP contribution in [-0.4, -0.2) is 43.7 Å². The van der Waals surface area contributed by atoms with Gasteiger partial charge in [-0.15, -0.1) is 0 Å². The van der Waals surface area contributed by atoms with Gasteiger partial charge in [-0.2, -0.15) is 0 Å². The highest BCUT2D eigenvalue weighted by molar-refractivity contribution is 5.89. The van der Waals surface area contributed by atoms with Crippen molar-refractivity contribution in [3.63, 3.8) is 0 Å². The summed E-state index contributed by atoms with van der Waals surface area (Å²) in [4.78, 5) is 18.0. The van der Waals surface area contributed by atoms with Gasteiger partial charge in [0.2, 0.25) is 0 Å². The average molecular weight is 249 g/mol. The van der Waals surface area contributed by atoms with Crippen molar-refractivity contribution in [2.45, 2.75) is 19.4 Å². The lowest BCUT2D eigenvalue weighted by Crippen LogP contribution is -2.29. The van der Waals surface area contributed by atoms with E-state index < -0.39 is 0 Å². The molecule has 1 saturated heterocycles. The number of hydrogen-bond donors (Lipinski definition) is 1. The third-order valence-electron chi connectivity index (χ3n) is 3.18. The Morgan fingerprint density at radius 3 is 3.00 bits per heavy atom. The molecule has 98 valence electrons. The van der Waals surface area contributed by atoms with Crippen LogP contribution in [0.15, 0.2) is 18.3 Å². The second-order valence-electron chi connectivity index (χ2n) is 4.35. The highest BCUT2D eigenvalue weighted by atomic mass is 16.5. The lowest BCUT2D eigenvalue weighted by Gasteiger charge is -2.17. The van der Waals surface area contributed by atoms with E-state index in [1.807, 2.05) is 13.1 Å². The van der Waals surface area contributed by atoms with Crippen LogP contribution in [0.5, 0.6) is 0 Å². The third kappa shape index (κ3) is 2.79. The SMILES string of the molecule is CCOC(=O)c1ccc(N2CCC(NC)C2)nc1. The monoisotopic (exact) mass is 249 g/mol. The highest BCUT2D eigenvalue weighted by Gasteiger charge is 2.22. The zero-order valence-corrected chi connectivity index (χ0v) is 10.8. The number of aromatic nitrogens is 1. The summed E-state index contributed by atoms with van der Waals surface area (Å²) in [6, 6.07) is 4.17. The Balaban J connectivity index is 2.02. The lowest BCUT2D eigenvalue weighted by molar-refractivity contribution is 0.0526. The first-order valence-corrected chi connectivity index (χ1v) is 6.30. The van der Waals surface area contributed by atoms with Gasteiger partial charge in [-0.1, -0.05) is 0 Å². The molecular weight excluding hydrogens is 230 g/mol. The van der Waals surface area contributed by atoms with Crippen molar-refractivity contribution in [2.24, 2.45) is 0 Å². The molecule has 1 atom stereocenters. The maximum absolute atomic E-state index is 11.5. The average Bonchev–Trinajstić information content (AvgIpc) is 2.88. The minimum Gasteiger partial charge on any atom is -0.462 e. The molecule has 18 heavy (non-hydrogen) atoms. The van der Waals surface area contributed by atoms with Gasteiger partial charge in [-0.25, -0.2) is 9.78 Å². The van der Waals surface area contributed by atoms with Gasteiger partial charge in [0.1, 0.15) is 5.82 Å². The molecule has 0 radical (unpaired) electrons. The Kier molecular flexibility index (Phi) is 4.15. The maximum atomic E-state index is 11.5. The van der Waals surface area contributed by atoms with E-state index in [1.54, 1.807) is 19.2 Å². The Morgan fingerprint density at radius 1 is 1.61 bits per heavy atom. The predicted molar refractivity (Wildman–Crippen MR) is 69.9 cm³/mol. The van der Waals surface area contributed by atoms with Crippen molar-refractivity contribution >= 4 is 11.8 Å². The zero-order valence-electron chi connectivity index (χ0n) is 10.8. The summed E-state index contributed by atoms with van der Waals surface area (Å²) in [5.74, 6) is 0.604. The number of hydrogen-bond acceptors (Lipinski definition) is 5. The van der Waals surface area contributed by atoms with Gasteiger partial charge in [0.15, 0.2) is 0 Å². The number of anilines is 1. The van der Waals surface area contributed by atoms with Crippen LogP contribution >= 0.6 is 0 Å². The molecule has 1 aromatic rings. The molecule has 1 N–H and O–H groups in total. The number of carbonyl (C=O) groups excluding carboxylic acids is 1. The minimum absolute atomic E-state index is 0.314. The van der Waals surface area contributed by atoms with Gasteiger partial charge in [0.25, 0.3) is 0 Å². The molecule has 1 aliphatic rings. The fourth-order valence-corrected chi connectivity index (χ4v) is 2.11. The zero-order chi connectivity index (χ0) is 13.0. The molecule has 1 aliphatic heterocycles. The van der Waals surface area contributed by atoms with Crippen molar-refractivity contribution in [2.75, 3.05) is 31.6 Å². The van der Waals surface area contributed by atoms with Crippen molar-refractivity contribution in [1.82, 2.24) is 10.3 Å². The molecule has 0 aromatic carbocycles. The maximum Gasteiger partial charge on any atom is 0.339 e. The first-order valence-electron chi connectivity index (χ1n) is 6.30. The smallest absolute Gasteiger partial charge is 0.339 e. The van der Waals surface area contributed by atoms with Crippen molar-refractivity contribution < 1.29 is 9.53 Å². The van der Waals surface area contributed by atoms with E-state index in [9.17, 15) is 4.79 Å². The summed E-state index contributed by atoms with van der Waals surface area (Å²) >= 11 is 0. The number of likely N-dealkylation sites (N-methyl/N-ethyl adjacent to an activating group) is 1. The topological polar surface area (TPSA) is 54.5 Å². The van der Waals surface area contributed by atoms with Crippen LogP contribution < -0.4 is 10.2 Å². The number of esters is 1. The van der Waals surface area contributed by atoms with Crippen LogP contribution in [0.3, 0.4) is 0 Å². The number of carbonyl (C=O) groups is 1. The highest BCUT2D eigenvalue weighted by Crippen LogP contribution is 2.18. The fourth-order valence-electron chi connectivity index (χ4n) is 2.11. The molecule has 1 unspecified atom stereocenters. The summed E-state index contributed by atoms with van der Waals surface area (Å²) in [5, 5.41) is 3.27. The second kappa shape index (κ2) is 5.82. The normalized spacial score (nSPS) is 19.0. The van der Waals surface area contributed by atoms with E-state index in [2.05, 4.69) is 15.2 Å². The first-order chi connectivity index (χ1) is 8.74. The third-order valence-corrected chi connectivity index (χ3v) is 3.18. The largest absolute Gasteiger partial charge is 0.462 e. The summed E-state index contributed by atoms with van der Waals surface area (Å²) in [7, 11) is 1.98. The van der Waals surface area contributed by atoms with Gasteiger partial charge in [0, 0.05) is 25.3 Å². The predicted octanol–water partition coefficient (Wildman–Crippen LogP) is 1.06. The molecule has 1 aromatic heterocycles. The number of rotatable bonds is 4. The van der Waals surface area contributed by atoms with E-state index in [1.165, 1.54) is 0 Å². The summed E-state index contributed by atoms with van der Waals surface area (Å²) < 4.78 is 4.93. The van der Waals surface area contributed by atoms with Gasteiger partial charge in [-0.05, 0) is 32.5 Å². The van der Waals surface area contributed by atoms with Gasteiger partial charge >= 0.3 is 5.97 Å². The van der Waals surface area contributed by atoms with Crippen molar-refractivity contribution in [3.05, 3.63) is 23.9 Å². The number of nitrogens with one attached hydrogen (secondary N) is 1. The molecule has 5 heteroatoms.